The lowest BCUT2D eigenvalue weighted by Gasteiger charge is -2.25. The number of thioether (sulfide) groups is 1. The Bertz CT molecular complexity index is 1070. The third-order valence-corrected chi connectivity index (χ3v) is 7.61. The highest BCUT2D eigenvalue weighted by molar-refractivity contribution is 7.98. The molecule has 2 atom stereocenters. The summed E-state index contributed by atoms with van der Waals surface area (Å²) in [4.78, 5) is 1.13. The number of piperidine rings is 1. The van der Waals surface area contributed by atoms with E-state index >= 15 is 0 Å². The molecule has 30 heavy (non-hydrogen) atoms. The molecule has 0 unspecified atom stereocenters. The molecule has 3 aromatic carbocycles. The van der Waals surface area contributed by atoms with E-state index in [-0.39, 0.29) is 6.10 Å². The van der Waals surface area contributed by atoms with Gasteiger partial charge in [0.1, 0.15) is 11.9 Å². The first kappa shape index (κ1) is 20.5. The number of fused-ring (bicyclic) bond motifs is 3. The molecular formula is C24H20Cl3NOS. The van der Waals surface area contributed by atoms with Crippen molar-refractivity contribution in [2.45, 2.75) is 29.1 Å². The molecule has 2 aliphatic heterocycles. The van der Waals surface area contributed by atoms with Crippen LogP contribution in [0.3, 0.4) is 0 Å². The fourth-order valence-corrected chi connectivity index (χ4v) is 6.32. The van der Waals surface area contributed by atoms with Gasteiger partial charge in [-0.05, 0) is 48.4 Å². The summed E-state index contributed by atoms with van der Waals surface area (Å²) in [6, 6.07) is 18.3. The number of nitrogens with one attached hydrogen (secondary N) is 1. The lowest BCUT2D eigenvalue weighted by atomic mass is 9.89. The van der Waals surface area contributed by atoms with Crippen molar-refractivity contribution in [3.05, 3.63) is 80.8 Å². The zero-order valence-electron chi connectivity index (χ0n) is 16.1. The minimum absolute atomic E-state index is 0.226. The second-order valence-corrected chi connectivity index (χ2v) is 9.94. The molecule has 154 valence electrons. The molecule has 0 saturated carbocycles. The van der Waals surface area contributed by atoms with Gasteiger partial charge in [-0.2, -0.15) is 0 Å². The van der Waals surface area contributed by atoms with Crippen LogP contribution in [0, 0.1) is 0 Å². The predicted octanol–water partition coefficient (Wildman–Crippen LogP) is 7.44. The fraction of sp³-hybridized carbons (Fsp3) is 0.250. The molecule has 2 heterocycles. The summed E-state index contributed by atoms with van der Waals surface area (Å²) in [6.07, 6.45) is 1.24. The molecule has 2 nitrogen and oxygen atoms in total. The zero-order chi connectivity index (χ0) is 20.7. The first-order chi connectivity index (χ1) is 14.6. The Labute approximate surface area is 195 Å². The van der Waals surface area contributed by atoms with E-state index in [1.807, 2.05) is 6.07 Å². The van der Waals surface area contributed by atoms with E-state index in [0.717, 1.165) is 47.0 Å². The Morgan fingerprint density at radius 3 is 2.53 bits per heavy atom. The molecule has 1 saturated heterocycles. The lowest BCUT2D eigenvalue weighted by molar-refractivity contribution is 0.169. The Hall–Kier alpha value is -1.36. The standard InChI is InChI=1S/C24H20Cl3NOS/c25-16-10-19(26)23(20(27)11-16)15-8-17-18-12-28-7-6-21(18)29-24(17)22(9-15)30-13-14-4-2-1-3-5-14/h1-5,8-11,18,21,28H,6-7,12-13H2/t18-,21-/m0/s1. The van der Waals surface area contributed by atoms with E-state index in [9.17, 15) is 0 Å². The number of ether oxygens (including phenoxy) is 1. The average molecular weight is 477 g/mol. The van der Waals surface area contributed by atoms with E-state index in [2.05, 4.69) is 41.7 Å². The Morgan fingerprint density at radius 1 is 1.00 bits per heavy atom. The third-order valence-electron chi connectivity index (χ3n) is 5.70. The van der Waals surface area contributed by atoms with Gasteiger partial charge in [0.15, 0.2) is 0 Å². The number of halogens is 3. The van der Waals surface area contributed by atoms with Gasteiger partial charge < -0.3 is 10.1 Å². The van der Waals surface area contributed by atoms with Crippen molar-refractivity contribution in [2.24, 2.45) is 0 Å². The van der Waals surface area contributed by atoms with Crippen LogP contribution in [0.5, 0.6) is 5.75 Å². The van der Waals surface area contributed by atoms with Gasteiger partial charge in [0, 0.05) is 34.4 Å². The van der Waals surface area contributed by atoms with Crippen molar-refractivity contribution in [1.82, 2.24) is 5.32 Å². The normalized spacial score (nSPS) is 19.8. The molecule has 5 rings (SSSR count). The summed E-state index contributed by atoms with van der Waals surface area (Å²) in [5.41, 5.74) is 4.34. The molecule has 3 aromatic rings. The summed E-state index contributed by atoms with van der Waals surface area (Å²) in [7, 11) is 0. The average Bonchev–Trinajstić information content (AvgIpc) is 3.11. The van der Waals surface area contributed by atoms with Crippen molar-refractivity contribution < 1.29 is 4.74 Å². The predicted molar refractivity (Wildman–Crippen MR) is 128 cm³/mol. The summed E-state index contributed by atoms with van der Waals surface area (Å²) >= 11 is 21.1. The molecule has 0 spiro atoms. The maximum atomic E-state index is 6.56. The van der Waals surface area contributed by atoms with Crippen molar-refractivity contribution >= 4 is 46.6 Å². The zero-order valence-corrected chi connectivity index (χ0v) is 19.2. The highest BCUT2D eigenvalue weighted by Crippen LogP contribution is 2.50. The Morgan fingerprint density at radius 2 is 1.77 bits per heavy atom. The van der Waals surface area contributed by atoms with Crippen molar-refractivity contribution in [3.8, 4) is 16.9 Å². The maximum absolute atomic E-state index is 6.56. The molecule has 2 aliphatic rings. The monoisotopic (exact) mass is 475 g/mol. The van der Waals surface area contributed by atoms with Crippen molar-refractivity contribution in [2.75, 3.05) is 13.1 Å². The molecule has 0 amide bonds. The number of benzene rings is 3. The molecule has 1 N–H and O–H groups in total. The molecular weight excluding hydrogens is 457 g/mol. The Balaban J connectivity index is 1.59. The first-order valence-corrected chi connectivity index (χ1v) is 12.1. The summed E-state index contributed by atoms with van der Waals surface area (Å²) in [6.45, 7) is 1.91. The van der Waals surface area contributed by atoms with E-state index < -0.39 is 0 Å². The second kappa shape index (κ2) is 8.64. The van der Waals surface area contributed by atoms with Gasteiger partial charge in [0.25, 0.3) is 0 Å². The number of rotatable bonds is 4. The van der Waals surface area contributed by atoms with Crippen LogP contribution < -0.4 is 10.1 Å². The van der Waals surface area contributed by atoms with E-state index in [1.54, 1.807) is 23.9 Å². The summed E-state index contributed by atoms with van der Waals surface area (Å²) < 4.78 is 6.45. The van der Waals surface area contributed by atoms with Gasteiger partial charge in [-0.25, -0.2) is 0 Å². The third kappa shape index (κ3) is 3.94. The molecule has 0 bridgehead atoms. The highest BCUT2D eigenvalue weighted by atomic mass is 35.5. The van der Waals surface area contributed by atoms with E-state index in [1.165, 1.54) is 11.1 Å². The highest BCUT2D eigenvalue weighted by Gasteiger charge is 2.38. The van der Waals surface area contributed by atoms with Gasteiger partial charge in [-0.1, -0.05) is 65.1 Å². The molecule has 0 radical (unpaired) electrons. The van der Waals surface area contributed by atoms with Crippen LogP contribution in [0.4, 0.5) is 0 Å². The largest absolute Gasteiger partial charge is 0.488 e. The van der Waals surface area contributed by atoms with E-state index in [4.69, 9.17) is 39.5 Å². The second-order valence-electron chi connectivity index (χ2n) is 7.67. The van der Waals surface area contributed by atoms with Gasteiger partial charge >= 0.3 is 0 Å². The van der Waals surface area contributed by atoms with Crippen molar-refractivity contribution in [1.29, 1.82) is 0 Å². The minimum atomic E-state index is 0.226. The maximum Gasteiger partial charge on any atom is 0.137 e. The van der Waals surface area contributed by atoms with Crippen molar-refractivity contribution in [3.63, 3.8) is 0 Å². The van der Waals surface area contributed by atoms with Crippen LogP contribution in [0.2, 0.25) is 15.1 Å². The molecule has 0 aliphatic carbocycles. The number of hydrogen-bond donors (Lipinski definition) is 1. The van der Waals surface area contributed by atoms with Gasteiger partial charge in [0.2, 0.25) is 0 Å². The smallest absolute Gasteiger partial charge is 0.137 e. The molecule has 0 aromatic heterocycles. The van der Waals surface area contributed by atoms with Crippen LogP contribution in [-0.4, -0.2) is 19.2 Å². The lowest BCUT2D eigenvalue weighted by Crippen LogP contribution is -2.37. The van der Waals surface area contributed by atoms with Gasteiger partial charge in [-0.15, -0.1) is 11.8 Å². The number of hydrogen-bond acceptors (Lipinski definition) is 3. The SMILES string of the molecule is Clc1cc(Cl)c(-c2cc(SCc3ccccc3)c3c(c2)[C@@H]2CNCC[C@@H]2O3)c(Cl)c1. The molecule has 6 heteroatoms. The van der Waals surface area contributed by atoms with Crippen LogP contribution >= 0.6 is 46.6 Å². The summed E-state index contributed by atoms with van der Waals surface area (Å²) in [5, 5.41) is 5.16. The van der Waals surface area contributed by atoms with Crippen LogP contribution in [0.1, 0.15) is 23.5 Å². The van der Waals surface area contributed by atoms with Gasteiger partial charge in [-0.3, -0.25) is 0 Å². The van der Waals surface area contributed by atoms with Gasteiger partial charge in [0.05, 0.1) is 14.9 Å². The Kier molecular flexibility index (Phi) is 5.92. The topological polar surface area (TPSA) is 21.3 Å². The first-order valence-electron chi connectivity index (χ1n) is 9.97. The minimum Gasteiger partial charge on any atom is -0.488 e. The van der Waals surface area contributed by atoms with Crippen LogP contribution in [0.15, 0.2) is 59.5 Å². The molecule has 1 fully saturated rings. The van der Waals surface area contributed by atoms with Crippen LogP contribution in [0.25, 0.3) is 11.1 Å². The van der Waals surface area contributed by atoms with E-state index in [0.29, 0.717) is 21.0 Å². The fourth-order valence-electron chi connectivity index (χ4n) is 4.27. The quantitative estimate of drug-likeness (QED) is 0.395. The summed E-state index contributed by atoms with van der Waals surface area (Å²) in [5.74, 6) is 2.23. The van der Waals surface area contributed by atoms with Crippen LogP contribution in [-0.2, 0) is 5.75 Å².